The molecule has 0 saturated carbocycles. The first-order valence-corrected chi connectivity index (χ1v) is 6.12. The standard InChI is InChI=1S/C12H13ClF2N2O/c13-9-4-8(14)5-10(15)11(9)17-12(18)7-2-1-3-16-6-7/h4-5,7,16H,1-3,6H2,(H,17,18)/t7-/m0/s1. The molecule has 2 N–H and O–H groups in total. The largest absolute Gasteiger partial charge is 0.322 e. The van der Waals surface area contributed by atoms with E-state index < -0.39 is 11.6 Å². The smallest absolute Gasteiger partial charge is 0.228 e. The minimum atomic E-state index is -0.864. The minimum absolute atomic E-state index is 0.135. The summed E-state index contributed by atoms with van der Waals surface area (Å²) in [6.45, 7) is 1.45. The highest BCUT2D eigenvalue weighted by Gasteiger charge is 2.22. The SMILES string of the molecule is O=C(Nc1c(F)cc(F)cc1Cl)[C@H]1CCCNC1. The molecule has 1 aromatic rings. The number of rotatable bonds is 2. The molecule has 0 bridgehead atoms. The van der Waals surface area contributed by atoms with Crippen LogP contribution in [0.25, 0.3) is 0 Å². The van der Waals surface area contributed by atoms with Crippen LogP contribution >= 0.6 is 11.6 Å². The fourth-order valence-corrected chi connectivity index (χ4v) is 2.20. The predicted octanol–water partition coefficient (Wildman–Crippen LogP) is 2.56. The van der Waals surface area contributed by atoms with Gasteiger partial charge in [0.1, 0.15) is 5.82 Å². The summed E-state index contributed by atoms with van der Waals surface area (Å²) in [5.41, 5.74) is -0.159. The summed E-state index contributed by atoms with van der Waals surface area (Å²) < 4.78 is 26.3. The Hall–Kier alpha value is -1.20. The van der Waals surface area contributed by atoms with E-state index in [0.717, 1.165) is 25.5 Å². The van der Waals surface area contributed by atoms with Crippen LogP contribution in [0.3, 0.4) is 0 Å². The lowest BCUT2D eigenvalue weighted by molar-refractivity contribution is -0.120. The van der Waals surface area contributed by atoms with E-state index in [-0.39, 0.29) is 22.5 Å². The Morgan fingerprint density at radius 2 is 2.22 bits per heavy atom. The second-order valence-corrected chi connectivity index (χ2v) is 4.68. The highest BCUT2D eigenvalue weighted by Crippen LogP contribution is 2.27. The molecule has 18 heavy (non-hydrogen) atoms. The third kappa shape index (κ3) is 2.97. The number of hydrogen-bond acceptors (Lipinski definition) is 2. The zero-order valence-electron chi connectivity index (χ0n) is 9.60. The van der Waals surface area contributed by atoms with Gasteiger partial charge in [-0.1, -0.05) is 11.6 Å². The van der Waals surface area contributed by atoms with Crippen LogP contribution in [-0.2, 0) is 4.79 Å². The molecule has 0 radical (unpaired) electrons. The van der Waals surface area contributed by atoms with E-state index in [1.54, 1.807) is 0 Å². The molecule has 0 aromatic heterocycles. The maximum absolute atomic E-state index is 13.5. The van der Waals surface area contributed by atoms with Gasteiger partial charge in [0.15, 0.2) is 5.82 Å². The maximum Gasteiger partial charge on any atom is 0.228 e. The van der Waals surface area contributed by atoms with Gasteiger partial charge in [-0.25, -0.2) is 8.78 Å². The van der Waals surface area contributed by atoms with Crippen LogP contribution in [0.4, 0.5) is 14.5 Å². The molecule has 0 unspecified atom stereocenters. The number of carbonyl (C=O) groups excluding carboxylic acids is 1. The molecule has 3 nitrogen and oxygen atoms in total. The highest BCUT2D eigenvalue weighted by atomic mass is 35.5. The van der Waals surface area contributed by atoms with Crippen LogP contribution in [0.1, 0.15) is 12.8 Å². The van der Waals surface area contributed by atoms with E-state index in [9.17, 15) is 13.6 Å². The number of anilines is 1. The molecule has 1 fully saturated rings. The first-order valence-electron chi connectivity index (χ1n) is 5.74. The lowest BCUT2D eigenvalue weighted by Crippen LogP contribution is -2.37. The fourth-order valence-electron chi connectivity index (χ4n) is 1.96. The lowest BCUT2D eigenvalue weighted by Gasteiger charge is -2.22. The Bertz CT molecular complexity index is 438. The average Bonchev–Trinajstić information content (AvgIpc) is 2.34. The van der Waals surface area contributed by atoms with Gasteiger partial charge in [-0.3, -0.25) is 4.79 Å². The van der Waals surface area contributed by atoms with E-state index in [4.69, 9.17) is 11.6 Å². The van der Waals surface area contributed by atoms with Crippen molar-refractivity contribution in [3.05, 3.63) is 28.8 Å². The van der Waals surface area contributed by atoms with Gasteiger partial charge in [0.25, 0.3) is 0 Å². The van der Waals surface area contributed by atoms with Gasteiger partial charge in [0.05, 0.1) is 16.6 Å². The van der Waals surface area contributed by atoms with Gasteiger partial charge in [0, 0.05) is 12.6 Å². The van der Waals surface area contributed by atoms with Gasteiger partial charge in [0.2, 0.25) is 5.91 Å². The van der Waals surface area contributed by atoms with Crippen molar-refractivity contribution in [1.29, 1.82) is 0 Å². The summed E-state index contributed by atoms with van der Waals surface area (Å²) >= 11 is 5.71. The zero-order valence-corrected chi connectivity index (χ0v) is 10.4. The molecular weight excluding hydrogens is 262 g/mol. The van der Waals surface area contributed by atoms with Gasteiger partial charge in [-0.05, 0) is 25.5 Å². The molecule has 1 atom stereocenters. The molecule has 1 aromatic carbocycles. The van der Waals surface area contributed by atoms with Gasteiger partial charge in [-0.15, -0.1) is 0 Å². The zero-order chi connectivity index (χ0) is 13.1. The minimum Gasteiger partial charge on any atom is -0.322 e. The van der Waals surface area contributed by atoms with E-state index >= 15 is 0 Å². The quantitative estimate of drug-likeness (QED) is 0.870. The number of piperidine rings is 1. The van der Waals surface area contributed by atoms with Crippen molar-refractivity contribution >= 4 is 23.2 Å². The molecule has 1 amide bonds. The number of hydrogen-bond donors (Lipinski definition) is 2. The highest BCUT2D eigenvalue weighted by molar-refractivity contribution is 6.33. The van der Waals surface area contributed by atoms with Crippen molar-refractivity contribution in [3.8, 4) is 0 Å². The third-order valence-corrected chi connectivity index (χ3v) is 3.22. The number of halogens is 3. The van der Waals surface area contributed by atoms with Crippen molar-refractivity contribution in [2.24, 2.45) is 5.92 Å². The van der Waals surface area contributed by atoms with E-state index in [2.05, 4.69) is 10.6 Å². The molecule has 6 heteroatoms. The molecule has 1 heterocycles. The van der Waals surface area contributed by atoms with Crippen LogP contribution < -0.4 is 10.6 Å². The maximum atomic E-state index is 13.5. The first kappa shape index (κ1) is 13.2. The van der Waals surface area contributed by atoms with Gasteiger partial charge >= 0.3 is 0 Å². The molecule has 0 spiro atoms. The Morgan fingerprint density at radius 3 is 2.83 bits per heavy atom. The molecule has 1 aliphatic rings. The summed E-state index contributed by atoms with van der Waals surface area (Å²) in [5, 5.41) is 5.38. The van der Waals surface area contributed by atoms with E-state index in [1.165, 1.54) is 0 Å². The topological polar surface area (TPSA) is 41.1 Å². The average molecular weight is 275 g/mol. The Morgan fingerprint density at radius 1 is 1.44 bits per heavy atom. The monoisotopic (exact) mass is 274 g/mol. The molecule has 1 saturated heterocycles. The van der Waals surface area contributed by atoms with E-state index in [1.807, 2.05) is 0 Å². The fraction of sp³-hybridized carbons (Fsp3) is 0.417. The molecular formula is C12H13ClF2N2O. The second kappa shape index (κ2) is 5.63. The van der Waals surface area contributed by atoms with Crippen molar-refractivity contribution in [2.75, 3.05) is 18.4 Å². The van der Waals surface area contributed by atoms with Crippen LogP contribution in [0, 0.1) is 17.6 Å². The predicted molar refractivity (Wildman–Crippen MR) is 65.6 cm³/mol. The summed E-state index contributed by atoms with van der Waals surface area (Å²) in [7, 11) is 0. The van der Waals surface area contributed by atoms with Crippen molar-refractivity contribution in [3.63, 3.8) is 0 Å². The molecule has 98 valence electrons. The van der Waals surface area contributed by atoms with Crippen LogP contribution in [0.15, 0.2) is 12.1 Å². The Labute approximate surface area is 109 Å². The summed E-state index contributed by atoms with van der Waals surface area (Å²) in [4.78, 5) is 11.9. The van der Waals surface area contributed by atoms with Crippen LogP contribution in [0.5, 0.6) is 0 Å². The number of amides is 1. The van der Waals surface area contributed by atoms with E-state index in [0.29, 0.717) is 12.6 Å². The summed E-state index contributed by atoms with van der Waals surface area (Å²) in [6.07, 6.45) is 1.65. The Kier molecular flexibility index (Phi) is 4.14. The van der Waals surface area contributed by atoms with Crippen molar-refractivity contribution in [1.82, 2.24) is 5.32 Å². The molecule has 0 aliphatic carbocycles. The second-order valence-electron chi connectivity index (χ2n) is 4.28. The Balaban J connectivity index is 2.11. The third-order valence-electron chi connectivity index (χ3n) is 2.92. The van der Waals surface area contributed by atoms with Crippen LogP contribution in [0.2, 0.25) is 5.02 Å². The summed E-state index contributed by atoms with van der Waals surface area (Å²) in [6, 6.07) is 1.67. The summed E-state index contributed by atoms with van der Waals surface area (Å²) in [5.74, 6) is -2.14. The normalized spacial score (nSPS) is 19.6. The molecule has 1 aliphatic heterocycles. The van der Waals surface area contributed by atoms with Crippen LogP contribution in [-0.4, -0.2) is 19.0 Å². The lowest BCUT2D eigenvalue weighted by atomic mass is 9.99. The molecule has 2 rings (SSSR count). The number of carbonyl (C=O) groups is 1. The van der Waals surface area contributed by atoms with Gasteiger partial charge < -0.3 is 10.6 Å². The first-order chi connectivity index (χ1) is 8.58. The number of nitrogens with one attached hydrogen (secondary N) is 2. The van der Waals surface area contributed by atoms with Crippen molar-refractivity contribution in [2.45, 2.75) is 12.8 Å². The number of benzene rings is 1. The van der Waals surface area contributed by atoms with Crippen molar-refractivity contribution < 1.29 is 13.6 Å². The van der Waals surface area contributed by atoms with Gasteiger partial charge in [-0.2, -0.15) is 0 Å².